The van der Waals surface area contributed by atoms with Gasteiger partial charge in [0.25, 0.3) is 0 Å². The van der Waals surface area contributed by atoms with E-state index in [1.54, 1.807) is 27.7 Å². The van der Waals surface area contributed by atoms with Crippen molar-refractivity contribution in [3.05, 3.63) is 35.6 Å². The first-order valence-electron chi connectivity index (χ1n) is 14.1. The number of aliphatic hydroxyl groups is 3. The van der Waals surface area contributed by atoms with E-state index in [0.29, 0.717) is 6.42 Å². The van der Waals surface area contributed by atoms with Gasteiger partial charge in [0.15, 0.2) is 11.5 Å². The Morgan fingerprint density at radius 1 is 1.07 bits per heavy atom. The van der Waals surface area contributed by atoms with Crippen LogP contribution in [0.5, 0.6) is 0 Å². The number of allylic oxidation sites excluding steroid dienone is 4. The molecule has 0 radical (unpaired) electrons. The monoisotopic (exact) mass is 556 g/mol. The third-order valence-electron chi connectivity index (χ3n) is 11.2. The Morgan fingerprint density at radius 2 is 1.68 bits per heavy atom. The average molecular weight is 557 g/mol. The molecule has 0 bridgehead atoms. The summed E-state index contributed by atoms with van der Waals surface area (Å²) in [5.74, 6) is -3.61. The molecule has 3 N–H and O–H groups in total. The first-order valence-corrected chi connectivity index (χ1v) is 14.1. The summed E-state index contributed by atoms with van der Waals surface area (Å²) in [5.41, 5.74) is -5.72. The molecule has 0 aliphatic heterocycles. The highest BCUT2D eigenvalue weighted by Gasteiger charge is 2.74. The third-order valence-corrected chi connectivity index (χ3v) is 11.2. The number of hydrogen-bond acceptors (Lipinski definition) is 8. The fourth-order valence-corrected chi connectivity index (χ4v) is 8.98. The summed E-state index contributed by atoms with van der Waals surface area (Å²) in [4.78, 5) is 52.0. The van der Waals surface area contributed by atoms with E-state index in [1.165, 1.54) is 32.1 Å². The molecule has 40 heavy (non-hydrogen) atoms. The Bertz CT molecular complexity index is 1270. The average Bonchev–Trinajstić information content (AvgIpc) is 3.01. The predicted molar refractivity (Wildman–Crippen MR) is 148 cm³/mol. The van der Waals surface area contributed by atoms with Crippen molar-refractivity contribution >= 4 is 23.3 Å². The van der Waals surface area contributed by atoms with E-state index in [0.717, 1.165) is 5.57 Å². The number of ether oxygens (including phenoxy) is 1. The summed E-state index contributed by atoms with van der Waals surface area (Å²) in [7, 11) is 0. The minimum atomic E-state index is -2.00. The fourth-order valence-electron chi connectivity index (χ4n) is 8.98. The van der Waals surface area contributed by atoms with E-state index in [-0.39, 0.29) is 36.1 Å². The summed E-state index contributed by atoms with van der Waals surface area (Å²) in [6, 6.07) is 0. The second kappa shape index (κ2) is 8.96. The lowest BCUT2D eigenvalue weighted by Gasteiger charge is -2.63. The molecule has 4 unspecified atom stereocenters. The highest BCUT2D eigenvalue weighted by Crippen LogP contribution is 2.73. The SMILES string of the molecule is CC(=O)OC(C)(C)/C=C/C(=O)C(C)(O)[C@H]1C(O)CC2(C)[C@@H]3CC=C4C(C=C(O)C(=O)C4(C)C)[C@]3(C)C(=O)C[C@]12C. The van der Waals surface area contributed by atoms with E-state index in [4.69, 9.17) is 4.74 Å². The Labute approximate surface area is 236 Å². The largest absolute Gasteiger partial charge is 0.505 e. The van der Waals surface area contributed by atoms with Gasteiger partial charge < -0.3 is 20.1 Å². The maximum absolute atomic E-state index is 14.3. The number of aliphatic hydroxyl groups excluding tert-OH is 2. The van der Waals surface area contributed by atoms with Gasteiger partial charge in [-0.15, -0.1) is 0 Å². The molecule has 2 saturated carbocycles. The molecule has 8 nitrogen and oxygen atoms in total. The standard InChI is InChI=1S/C32H44O8/c1-17(33)40-27(2,3)13-12-23(36)32(9,39)25-21(35)15-29(6)22-11-10-18-19(14-20(34)26(38)28(18,4)5)31(22,8)24(37)16-30(25,29)7/h10,12-14,19,21-22,25,34-35,39H,11,15-16H2,1-9H3/b13-12+/t19?,21?,22-,25-,29?,30+,31-,32?/m0/s1. The van der Waals surface area contributed by atoms with E-state index < -0.39 is 62.6 Å². The molecule has 0 aromatic rings. The van der Waals surface area contributed by atoms with Crippen LogP contribution in [-0.2, 0) is 23.9 Å². The number of ketones is 3. The van der Waals surface area contributed by atoms with E-state index in [2.05, 4.69) is 0 Å². The Hall–Kier alpha value is -2.58. The Balaban J connectivity index is 1.76. The molecular formula is C32H44O8. The zero-order chi connectivity index (χ0) is 30.4. The minimum absolute atomic E-state index is 0.0249. The second-order valence-electron chi connectivity index (χ2n) is 14.4. The maximum Gasteiger partial charge on any atom is 0.303 e. The lowest BCUT2D eigenvalue weighted by molar-refractivity contribution is -0.179. The smallest absolute Gasteiger partial charge is 0.303 e. The Kier molecular flexibility index (Phi) is 6.80. The van der Waals surface area contributed by atoms with Crippen molar-refractivity contribution in [1.29, 1.82) is 0 Å². The quantitative estimate of drug-likeness (QED) is 0.260. The Morgan fingerprint density at radius 3 is 2.25 bits per heavy atom. The summed E-state index contributed by atoms with van der Waals surface area (Å²) in [6.45, 7) is 15.3. The van der Waals surface area contributed by atoms with Gasteiger partial charge in [-0.1, -0.05) is 32.4 Å². The molecule has 0 heterocycles. The van der Waals surface area contributed by atoms with Gasteiger partial charge in [-0.25, -0.2) is 0 Å². The van der Waals surface area contributed by atoms with Crippen molar-refractivity contribution in [2.24, 2.45) is 39.4 Å². The molecule has 4 aliphatic carbocycles. The van der Waals surface area contributed by atoms with Crippen LogP contribution in [0.4, 0.5) is 0 Å². The van der Waals surface area contributed by atoms with Gasteiger partial charge in [0.2, 0.25) is 5.78 Å². The van der Waals surface area contributed by atoms with Crippen molar-refractivity contribution in [3.8, 4) is 0 Å². The van der Waals surface area contributed by atoms with Crippen LogP contribution in [0.3, 0.4) is 0 Å². The normalized spacial score (nSPS) is 40.4. The number of carbonyl (C=O) groups is 4. The number of carbonyl (C=O) groups excluding carboxylic acids is 4. The van der Waals surface area contributed by atoms with Gasteiger partial charge in [0.1, 0.15) is 17.0 Å². The number of esters is 1. The second-order valence-corrected chi connectivity index (χ2v) is 14.4. The molecule has 4 rings (SSSR count). The topological polar surface area (TPSA) is 138 Å². The van der Waals surface area contributed by atoms with Crippen LogP contribution < -0.4 is 0 Å². The molecular weight excluding hydrogens is 512 g/mol. The van der Waals surface area contributed by atoms with Gasteiger partial charge in [-0.05, 0) is 82.4 Å². The van der Waals surface area contributed by atoms with Crippen LogP contribution in [-0.4, -0.2) is 55.9 Å². The third kappa shape index (κ3) is 4.00. The molecule has 0 aromatic heterocycles. The van der Waals surface area contributed by atoms with Gasteiger partial charge in [-0.2, -0.15) is 0 Å². The van der Waals surface area contributed by atoms with Gasteiger partial charge >= 0.3 is 5.97 Å². The minimum Gasteiger partial charge on any atom is -0.505 e. The molecule has 0 amide bonds. The number of Topliss-reactive ketones (excluding diaryl/α,β-unsaturated/α-hetero) is 2. The lowest BCUT2D eigenvalue weighted by Crippen LogP contribution is -2.64. The molecule has 2 fully saturated rings. The summed E-state index contributed by atoms with van der Waals surface area (Å²) < 4.78 is 5.22. The molecule has 0 spiro atoms. The van der Waals surface area contributed by atoms with Crippen molar-refractivity contribution in [3.63, 3.8) is 0 Å². The predicted octanol–water partition coefficient (Wildman–Crippen LogP) is 4.19. The summed E-state index contributed by atoms with van der Waals surface area (Å²) in [5, 5.41) is 33.8. The van der Waals surface area contributed by atoms with Crippen LogP contribution in [0.1, 0.15) is 81.6 Å². The highest BCUT2D eigenvalue weighted by atomic mass is 16.6. The summed E-state index contributed by atoms with van der Waals surface area (Å²) >= 11 is 0. The van der Waals surface area contributed by atoms with E-state index in [1.807, 2.05) is 26.8 Å². The molecule has 0 saturated heterocycles. The zero-order valence-corrected chi connectivity index (χ0v) is 25.1. The van der Waals surface area contributed by atoms with E-state index >= 15 is 0 Å². The zero-order valence-electron chi connectivity index (χ0n) is 25.1. The van der Waals surface area contributed by atoms with Crippen LogP contribution in [0.15, 0.2) is 35.6 Å². The summed E-state index contributed by atoms with van der Waals surface area (Å²) in [6.07, 6.45) is 5.89. The van der Waals surface area contributed by atoms with Gasteiger partial charge in [-0.3, -0.25) is 19.2 Å². The van der Waals surface area contributed by atoms with E-state index in [9.17, 15) is 34.5 Å². The first kappa shape index (κ1) is 30.4. The molecule has 4 aliphatic rings. The number of fused-ring (bicyclic) bond motifs is 5. The molecule has 8 atom stereocenters. The van der Waals surface area contributed by atoms with Crippen LogP contribution >= 0.6 is 0 Å². The van der Waals surface area contributed by atoms with Crippen molar-refractivity contribution in [2.45, 2.75) is 98.9 Å². The van der Waals surface area contributed by atoms with Crippen molar-refractivity contribution in [2.75, 3.05) is 0 Å². The number of rotatable bonds is 5. The van der Waals surface area contributed by atoms with Gasteiger partial charge in [0.05, 0.1) is 11.5 Å². The van der Waals surface area contributed by atoms with Crippen molar-refractivity contribution < 1.29 is 39.2 Å². The van der Waals surface area contributed by atoms with Crippen LogP contribution in [0.2, 0.25) is 0 Å². The van der Waals surface area contributed by atoms with Crippen LogP contribution in [0, 0.1) is 39.4 Å². The number of hydrogen-bond donors (Lipinski definition) is 3. The molecule has 8 heteroatoms. The molecule has 220 valence electrons. The van der Waals surface area contributed by atoms with Gasteiger partial charge in [0, 0.05) is 30.6 Å². The van der Waals surface area contributed by atoms with Crippen LogP contribution in [0.25, 0.3) is 0 Å². The fraction of sp³-hybridized carbons (Fsp3) is 0.688. The first-order chi connectivity index (χ1) is 18.1. The highest BCUT2D eigenvalue weighted by molar-refractivity contribution is 6.02. The lowest BCUT2D eigenvalue weighted by atomic mass is 9.39. The van der Waals surface area contributed by atoms with Crippen molar-refractivity contribution in [1.82, 2.24) is 0 Å². The molecule has 0 aromatic carbocycles. The maximum atomic E-state index is 14.3.